The number of hydrogen-bond acceptors (Lipinski definition) is 5. The van der Waals surface area contributed by atoms with Crippen molar-refractivity contribution >= 4 is 11.5 Å². The van der Waals surface area contributed by atoms with Gasteiger partial charge >= 0.3 is 6.18 Å². The molecule has 0 aliphatic rings. The molecule has 6 nitrogen and oxygen atoms in total. The highest BCUT2D eigenvalue weighted by molar-refractivity contribution is 5.44. The number of anilines is 1. The highest BCUT2D eigenvalue weighted by Crippen LogP contribution is 2.27. The Kier molecular flexibility index (Phi) is 4.38. The maximum Gasteiger partial charge on any atom is 0.453 e. The molecule has 0 saturated carbocycles. The number of nitrogens with zero attached hydrogens (tertiary/aromatic N) is 4. The zero-order valence-corrected chi connectivity index (χ0v) is 12.4. The van der Waals surface area contributed by atoms with Gasteiger partial charge in [0.25, 0.3) is 5.82 Å². The van der Waals surface area contributed by atoms with Crippen LogP contribution in [0, 0.1) is 11.6 Å². The molecular formula is C14H10F5N5O. The van der Waals surface area contributed by atoms with Crippen LogP contribution in [0.2, 0.25) is 0 Å². The number of halogens is 5. The molecule has 0 unspecified atom stereocenters. The summed E-state index contributed by atoms with van der Waals surface area (Å²) in [6.07, 6.45) is -4.68. The van der Waals surface area contributed by atoms with Crippen molar-refractivity contribution in [2.45, 2.75) is 6.18 Å². The van der Waals surface area contributed by atoms with Crippen LogP contribution >= 0.6 is 0 Å². The zero-order chi connectivity index (χ0) is 18.0. The second kappa shape index (κ2) is 6.49. The number of aromatic nitrogens is 4. The number of fused-ring (bicyclic) bond motifs is 1. The van der Waals surface area contributed by atoms with E-state index in [0.717, 1.165) is 12.1 Å². The van der Waals surface area contributed by atoms with Crippen molar-refractivity contribution in [3.8, 4) is 5.75 Å². The minimum absolute atomic E-state index is 0.0455. The number of benzene rings is 1. The average Bonchev–Trinajstić information content (AvgIpc) is 2.98. The summed E-state index contributed by atoms with van der Waals surface area (Å²) in [6.45, 7) is 0.222. The van der Waals surface area contributed by atoms with Crippen molar-refractivity contribution in [1.82, 2.24) is 19.8 Å². The Morgan fingerprint density at radius 1 is 1.04 bits per heavy atom. The van der Waals surface area contributed by atoms with Gasteiger partial charge < -0.3 is 10.1 Å². The van der Waals surface area contributed by atoms with Gasteiger partial charge in [0.05, 0.1) is 6.54 Å². The summed E-state index contributed by atoms with van der Waals surface area (Å²) < 4.78 is 69.9. The highest BCUT2D eigenvalue weighted by atomic mass is 19.4. The van der Waals surface area contributed by atoms with E-state index in [1.807, 2.05) is 0 Å². The van der Waals surface area contributed by atoms with E-state index >= 15 is 0 Å². The van der Waals surface area contributed by atoms with Crippen LogP contribution in [0.15, 0.2) is 30.3 Å². The quantitative estimate of drug-likeness (QED) is 0.561. The van der Waals surface area contributed by atoms with Gasteiger partial charge in [0.2, 0.25) is 0 Å². The lowest BCUT2D eigenvalue weighted by atomic mass is 10.3. The first-order valence-corrected chi connectivity index (χ1v) is 6.96. The van der Waals surface area contributed by atoms with Crippen molar-refractivity contribution in [1.29, 1.82) is 0 Å². The summed E-state index contributed by atoms with van der Waals surface area (Å²) in [7, 11) is 0. The Balaban J connectivity index is 1.62. The predicted molar refractivity (Wildman–Crippen MR) is 76.1 cm³/mol. The van der Waals surface area contributed by atoms with E-state index in [0.29, 0.717) is 4.52 Å². The molecule has 2 heterocycles. The Morgan fingerprint density at radius 3 is 2.56 bits per heavy atom. The van der Waals surface area contributed by atoms with Crippen LogP contribution in [0.25, 0.3) is 5.65 Å². The van der Waals surface area contributed by atoms with Crippen molar-refractivity contribution < 1.29 is 26.7 Å². The lowest BCUT2D eigenvalue weighted by Gasteiger charge is -2.09. The van der Waals surface area contributed by atoms with Gasteiger partial charge in [-0.2, -0.15) is 17.7 Å². The van der Waals surface area contributed by atoms with E-state index in [1.165, 1.54) is 18.2 Å². The monoisotopic (exact) mass is 359 g/mol. The molecule has 0 saturated heterocycles. The van der Waals surface area contributed by atoms with Gasteiger partial charge in [0, 0.05) is 6.07 Å². The van der Waals surface area contributed by atoms with Gasteiger partial charge in [-0.05, 0) is 24.3 Å². The zero-order valence-electron chi connectivity index (χ0n) is 12.4. The minimum atomic E-state index is -4.68. The largest absolute Gasteiger partial charge is 0.492 e. The maximum absolute atomic E-state index is 13.0. The first kappa shape index (κ1) is 16.9. The van der Waals surface area contributed by atoms with Gasteiger partial charge in [0.1, 0.15) is 18.2 Å². The minimum Gasteiger partial charge on any atom is -0.492 e. The summed E-state index contributed by atoms with van der Waals surface area (Å²) >= 11 is 0. The fourth-order valence-electron chi connectivity index (χ4n) is 1.97. The van der Waals surface area contributed by atoms with Crippen LogP contribution in [0.5, 0.6) is 5.75 Å². The van der Waals surface area contributed by atoms with Crippen molar-refractivity contribution in [2.24, 2.45) is 0 Å². The molecule has 0 aliphatic heterocycles. The third-order valence-corrected chi connectivity index (χ3v) is 3.08. The Hall–Kier alpha value is -2.98. The molecule has 0 spiro atoms. The summed E-state index contributed by atoms with van der Waals surface area (Å²) in [6, 6.07) is 5.84. The highest BCUT2D eigenvalue weighted by Gasteiger charge is 2.37. The molecule has 11 heteroatoms. The third-order valence-electron chi connectivity index (χ3n) is 3.08. The lowest BCUT2D eigenvalue weighted by Crippen LogP contribution is -2.16. The van der Waals surface area contributed by atoms with E-state index in [4.69, 9.17) is 4.74 Å². The number of ether oxygens (including phenoxy) is 1. The number of rotatable bonds is 5. The molecule has 0 radical (unpaired) electrons. The van der Waals surface area contributed by atoms with Crippen molar-refractivity contribution in [3.05, 3.63) is 47.8 Å². The van der Waals surface area contributed by atoms with E-state index < -0.39 is 23.6 Å². The molecular weight excluding hydrogens is 349 g/mol. The number of alkyl halides is 3. The second-order valence-electron chi connectivity index (χ2n) is 4.86. The number of nitrogens with one attached hydrogen (secondary N) is 1. The maximum atomic E-state index is 13.0. The van der Waals surface area contributed by atoms with Crippen LogP contribution in [0.1, 0.15) is 5.82 Å². The molecule has 1 aromatic carbocycles. The van der Waals surface area contributed by atoms with Gasteiger partial charge in [-0.15, -0.1) is 15.3 Å². The Morgan fingerprint density at radius 2 is 1.84 bits per heavy atom. The molecule has 25 heavy (non-hydrogen) atoms. The molecule has 3 rings (SSSR count). The van der Waals surface area contributed by atoms with Gasteiger partial charge in [-0.1, -0.05) is 0 Å². The van der Waals surface area contributed by atoms with Crippen LogP contribution in [-0.4, -0.2) is 33.0 Å². The lowest BCUT2D eigenvalue weighted by molar-refractivity contribution is -0.146. The number of hydrogen-bond donors (Lipinski definition) is 1. The fraction of sp³-hybridized carbons (Fsp3) is 0.214. The van der Waals surface area contributed by atoms with Gasteiger partial charge in [-0.25, -0.2) is 8.78 Å². The molecule has 0 atom stereocenters. The molecule has 0 fully saturated rings. The normalized spacial score (nSPS) is 11.7. The third kappa shape index (κ3) is 3.75. The van der Waals surface area contributed by atoms with Crippen LogP contribution < -0.4 is 10.1 Å². The predicted octanol–water partition coefficient (Wildman–Crippen LogP) is 2.91. The van der Waals surface area contributed by atoms with E-state index in [9.17, 15) is 22.0 Å². The topological polar surface area (TPSA) is 64.3 Å². The van der Waals surface area contributed by atoms with Crippen molar-refractivity contribution in [2.75, 3.05) is 18.5 Å². The van der Waals surface area contributed by atoms with Gasteiger partial charge in [0.15, 0.2) is 17.3 Å². The molecule has 1 N–H and O–H groups in total. The van der Waals surface area contributed by atoms with Crippen molar-refractivity contribution in [3.63, 3.8) is 0 Å². The molecule has 0 aliphatic carbocycles. The van der Waals surface area contributed by atoms with E-state index in [1.54, 1.807) is 0 Å². The average molecular weight is 359 g/mol. The second-order valence-corrected chi connectivity index (χ2v) is 4.86. The molecule has 132 valence electrons. The molecule has 0 amide bonds. The first-order valence-electron chi connectivity index (χ1n) is 6.96. The fourth-order valence-corrected chi connectivity index (χ4v) is 1.97. The Labute approximate surface area is 137 Å². The summed E-state index contributed by atoms with van der Waals surface area (Å²) in [5.41, 5.74) is -0.0455. The first-order chi connectivity index (χ1) is 11.8. The smallest absolute Gasteiger partial charge is 0.453 e. The standard InChI is InChI=1S/C14H10F5N5O/c15-9-2-1-8(7-10(9)16)25-6-5-20-11-3-4-12-21-22-13(14(17,18)19)24(12)23-11/h1-4,7H,5-6H2,(H,20,23). The van der Waals surface area contributed by atoms with Gasteiger partial charge in [-0.3, -0.25) is 0 Å². The summed E-state index contributed by atoms with van der Waals surface area (Å²) in [4.78, 5) is 0. The van der Waals surface area contributed by atoms with Crippen LogP contribution in [0.4, 0.5) is 27.8 Å². The van der Waals surface area contributed by atoms with Crippen LogP contribution in [-0.2, 0) is 6.18 Å². The summed E-state index contributed by atoms with van der Waals surface area (Å²) in [5.74, 6) is -2.99. The Bertz CT molecular complexity index is 895. The molecule has 3 aromatic rings. The molecule has 2 aromatic heterocycles. The SMILES string of the molecule is Fc1ccc(OCCNc2ccc3nnc(C(F)(F)F)n3n2)cc1F. The van der Waals surface area contributed by atoms with E-state index in [-0.39, 0.29) is 30.4 Å². The van der Waals surface area contributed by atoms with E-state index in [2.05, 4.69) is 20.6 Å². The van der Waals surface area contributed by atoms with Crippen LogP contribution in [0.3, 0.4) is 0 Å². The summed E-state index contributed by atoms with van der Waals surface area (Å²) in [5, 5.41) is 13.0. The molecule has 0 bridgehead atoms.